The van der Waals surface area contributed by atoms with E-state index in [1.54, 1.807) is 18.2 Å². The third-order valence-corrected chi connectivity index (χ3v) is 4.23. The van der Waals surface area contributed by atoms with Gasteiger partial charge in [-0.25, -0.2) is 4.79 Å². The van der Waals surface area contributed by atoms with Gasteiger partial charge in [-0.2, -0.15) is 0 Å². The Morgan fingerprint density at radius 1 is 1.17 bits per heavy atom. The van der Waals surface area contributed by atoms with Gasteiger partial charge in [-0.15, -0.1) is 0 Å². The summed E-state index contributed by atoms with van der Waals surface area (Å²) in [5, 5.41) is 12.3. The van der Waals surface area contributed by atoms with E-state index in [1.807, 2.05) is 0 Å². The number of rotatable bonds is 4. The standard InChI is InChI=1S/C17H16ClNO5/c18-12-8-15-14(23-9-24-15)7-10(12)5-6-16(20)19-13-4-2-1-3-11(13)17(21)22/h5-8H,1-4,9H2,(H,19,20)(H,21,22)/b6-5+. The van der Waals surface area contributed by atoms with E-state index in [1.165, 1.54) is 6.08 Å². The summed E-state index contributed by atoms with van der Waals surface area (Å²) >= 11 is 6.14. The second-order valence-electron chi connectivity index (χ2n) is 5.52. The Labute approximate surface area is 143 Å². The molecular formula is C17H16ClNO5. The molecule has 0 saturated heterocycles. The largest absolute Gasteiger partial charge is 0.478 e. The first-order valence-electron chi connectivity index (χ1n) is 7.58. The van der Waals surface area contributed by atoms with E-state index in [-0.39, 0.29) is 18.3 Å². The number of hydrogen-bond acceptors (Lipinski definition) is 4. The number of aliphatic carboxylic acids is 1. The van der Waals surface area contributed by atoms with Crippen LogP contribution in [0.1, 0.15) is 31.2 Å². The van der Waals surface area contributed by atoms with Crippen LogP contribution < -0.4 is 14.8 Å². The number of benzene rings is 1. The average molecular weight is 350 g/mol. The summed E-state index contributed by atoms with van der Waals surface area (Å²) in [4.78, 5) is 23.3. The maximum absolute atomic E-state index is 12.1. The Morgan fingerprint density at radius 3 is 2.62 bits per heavy atom. The van der Waals surface area contributed by atoms with E-state index < -0.39 is 5.97 Å². The number of nitrogens with one attached hydrogen (secondary N) is 1. The minimum atomic E-state index is -0.979. The maximum Gasteiger partial charge on any atom is 0.333 e. The van der Waals surface area contributed by atoms with Crippen molar-refractivity contribution in [1.29, 1.82) is 0 Å². The van der Waals surface area contributed by atoms with E-state index in [4.69, 9.17) is 21.1 Å². The lowest BCUT2D eigenvalue weighted by Gasteiger charge is -2.17. The number of ether oxygens (including phenoxy) is 2. The Morgan fingerprint density at radius 2 is 1.88 bits per heavy atom. The molecule has 1 aromatic carbocycles. The van der Waals surface area contributed by atoms with E-state index in [2.05, 4.69) is 5.32 Å². The fourth-order valence-corrected chi connectivity index (χ4v) is 2.91. The van der Waals surface area contributed by atoms with Crippen LogP contribution in [0.15, 0.2) is 29.5 Å². The predicted molar refractivity (Wildman–Crippen MR) is 87.9 cm³/mol. The molecule has 0 spiro atoms. The molecule has 0 atom stereocenters. The van der Waals surface area contributed by atoms with Crippen LogP contribution in [0, 0.1) is 0 Å². The zero-order chi connectivity index (χ0) is 17.1. The van der Waals surface area contributed by atoms with E-state index in [0.717, 1.165) is 12.8 Å². The lowest BCUT2D eigenvalue weighted by Crippen LogP contribution is -2.25. The second kappa shape index (κ2) is 6.97. The molecule has 0 fully saturated rings. The SMILES string of the molecule is O=C(/C=C/c1cc2c(cc1Cl)OCO2)NC1=C(C(=O)O)CCCC1. The summed E-state index contributed by atoms with van der Waals surface area (Å²) in [6.07, 6.45) is 5.61. The highest BCUT2D eigenvalue weighted by molar-refractivity contribution is 6.32. The molecule has 2 aliphatic rings. The van der Waals surface area contributed by atoms with Gasteiger partial charge in [0.25, 0.3) is 0 Å². The number of carboxylic acids is 1. The molecule has 1 amide bonds. The van der Waals surface area contributed by atoms with Crippen LogP contribution >= 0.6 is 11.6 Å². The van der Waals surface area contributed by atoms with Crippen molar-refractivity contribution in [3.05, 3.63) is 40.1 Å². The van der Waals surface area contributed by atoms with Crippen molar-refractivity contribution in [1.82, 2.24) is 5.32 Å². The van der Waals surface area contributed by atoms with Crippen LogP contribution in [0.5, 0.6) is 11.5 Å². The number of carbonyl (C=O) groups is 2. The van der Waals surface area contributed by atoms with E-state index in [0.29, 0.717) is 40.6 Å². The second-order valence-corrected chi connectivity index (χ2v) is 5.93. The highest BCUT2D eigenvalue weighted by atomic mass is 35.5. The summed E-state index contributed by atoms with van der Waals surface area (Å²) < 4.78 is 10.5. The highest BCUT2D eigenvalue weighted by Crippen LogP contribution is 2.37. The van der Waals surface area contributed by atoms with Crippen molar-refractivity contribution in [2.75, 3.05) is 6.79 Å². The third kappa shape index (κ3) is 3.54. The summed E-state index contributed by atoms with van der Waals surface area (Å²) in [7, 11) is 0. The van der Waals surface area contributed by atoms with Gasteiger partial charge in [0.1, 0.15) is 0 Å². The van der Waals surface area contributed by atoms with Crippen molar-refractivity contribution in [3.63, 3.8) is 0 Å². The quantitative estimate of drug-likeness (QED) is 0.816. The van der Waals surface area contributed by atoms with Gasteiger partial charge in [0.15, 0.2) is 11.5 Å². The van der Waals surface area contributed by atoms with Gasteiger partial charge < -0.3 is 19.9 Å². The predicted octanol–water partition coefficient (Wildman–Crippen LogP) is 3.11. The summed E-state index contributed by atoms with van der Waals surface area (Å²) in [5.41, 5.74) is 1.39. The third-order valence-electron chi connectivity index (χ3n) is 3.91. The van der Waals surface area contributed by atoms with Gasteiger partial charge in [-0.3, -0.25) is 4.79 Å². The first kappa shape index (κ1) is 16.4. The molecule has 0 radical (unpaired) electrons. The molecule has 6 nitrogen and oxygen atoms in total. The number of hydrogen-bond donors (Lipinski definition) is 2. The molecule has 24 heavy (non-hydrogen) atoms. The lowest BCUT2D eigenvalue weighted by molar-refractivity contribution is -0.133. The molecule has 1 aromatic rings. The zero-order valence-electron chi connectivity index (χ0n) is 12.8. The maximum atomic E-state index is 12.1. The number of fused-ring (bicyclic) bond motifs is 1. The van der Waals surface area contributed by atoms with Gasteiger partial charge in [0, 0.05) is 17.8 Å². The number of carboxylic acid groups (broad SMARTS) is 1. The smallest absolute Gasteiger partial charge is 0.333 e. The number of carbonyl (C=O) groups excluding carboxylic acids is 1. The van der Waals surface area contributed by atoms with Gasteiger partial charge in [0.05, 0.1) is 10.6 Å². The van der Waals surface area contributed by atoms with Crippen molar-refractivity contribution in [3.8, 4) is 11.5 Å². The Kier molecular flexibility index (Phi) is 4.76. The first-order chi connectivity index (χ1) is 11.5. The Balaban J connectivity index is 1.73. The van der Waals surface area contributed by atoms with Gasteiger partial charge in [-0.1, -0.05) is 11.6 Å². The van der Waals surface area contributed by atoms with Crippen LogP contribution in [0.2, 0.25) is 5.02 Å². The van der Waals surface area contributed by atoms with Crippen LogP contribution in [-0.4, -0.2) is 23.8 Å². The number of allylic oxidation sites excluding steroid dienone is 1. The van der Waals surface area contributed by atoms with Crippen molar-refractivity contribution >= 4 is 29.6 Å². The van der Waals surface area contributed by atoms with Crippen molar-refractivity contribution in [2.24, 2.45) is 0 Å². The molecule has 0 unspecified atom stereocenters. The summed E-state index contributed by atoms with van der Waals surface area (Å²) in [6, 6.07) is 3.32. The molecule has 1 aliphatic carbocycles. The van der Waals surface area contributed by atoms with E-state index >= 15 is 0 Å². The Bertz CT molecular complexity index is 754. The minimum absolute atomic E-state index is 0.144. The van der Waals surface area contributed by atoms with Crippen molar-refractivity contribution in [2.45, 2.75) is 25.7 Å². The fraction of sp³-hybridized carbons (Fsp3) is 0.294. The van der Waals surface area contributed by atoms with Crippen LogP contribution in [-0.2, 0) is 9.59 Å². The van der Waals surface area contributed by atoms with Gasteiger partial charge in [-0.05, 0) is 43.4 Å². The molecule has 7 heteroatoms. The van der Waals surface area contributed by atoms with E-state index in [9.17, 15) is 14.7 Å². The topological polar surface area (TPSA) is 84.9 Å². The molecule has 3 rings (SSSR count). The molecule has 1 heterocycles. The van der Waals surface area contributed by atoms with Gasteiger partial charge in [0.2, 0.25) is 12.7 Å². The van der Waals surface area contributed by atoms with Gasteiger partial charge >= 0.3 is 5.97 Å². The normalized spacial score (nSPS) is 16.5. The van der Waals surface area contributed by atoms with Crippen LogP contribution in [0.25, 0.3) is 6.08 Å². The molecule has 2 N–H and O–H groups in total. The van der Waals surface area contributed by atoms with Crippen LogP contribution in [0.3, 0.4) is 0 Å². The molecule has 0 aromatic heterocycles. The lowest BCUT2D eigenvalue weighted by atomic mass is 9.96. The first-order valence-corrected chi connectivity index (χ1v) is 7.96. The molecule has 0 bridgehead atoms. The molecular weight excluding hydrogens is 334 g/mol. The summed E-state index contributed by atoms with van der Waals surface area (Å²) in [6.45, 7) is 0.144. The minimum Gasteiger partial charge on any atom is -0.478 e. The summed E-state index contributed by atoms with van der Waals surface area (Å²) in [5.74, 6) is -0.227. The monoisotopic (exact) mass is 349 g/mol. The average Bonchev–Trinajstić information content (AvgIpc) is 3.00. The molecule has 0 saturated carbocycles. The Hall–Kier alpha value is -2.47. The zero-order valence-corrected chi connectivity index (χ0v) is 13.6. The van der Waals surface area contributed by atoms with Crippen molar-refractivity contribution < 1.29 is 24.2 Å². The number of halogens is 1. The molecule has 1 aliphatic heterocycles. The highest BCUT2D eigenvalue weighted by Gasteiger charge is 2.19. The van der Waals surface area contributed by atoms with Crippen LogP contribution in [0.4, 0.5) is 0 Å². The number of amides is 1. The molecule has 126 valence electrons. The fourth-order valence-electron chi connectivity index (χ4n) is 2.70.